The molecule has 1 aromatic carbocycles. The summed E-state index contributed by atoms with van der Waals surface area (Å²) in [4.78, 5) is 19.4. The van der Waals surface area contributed by atoms with Crippen molar-refractivity contribution in [2.45, 2.75) is 0 Å². The van der Waals surface area contributed by atoms with Gasteiger partial charge in [-0.3, -0.25) is 4.79 Å². The number of carbonyl (C=O) groups is 1. The zero-order valence-corrected chi connectivity index (χ0v) is 9.42. The molecule has 7 nitrogen and oxygen atoms in total. The first-order valence-corrected chi connectivity index (χ1v) is 5.13. The molecule has 0 unspecified atom stereocenters. The van der Waals surface area contributed by atoms with Crippen LogP contribution in [0.1, 0.15) is 10.4 Å². The number of rotatable bonds is 2. The molecule has 0 bridgehead atoms. The van der Waals surface area contributed by atoms with Gasteiger partial charge in [0.2, 0.25) is 5.95 Å². The van der Waals surface area contributed by atoms with E-state index in [0.717, 1.165) is 0 Å². The van der Waals surface area contributed by atoms with E-state index < -0.39 is 0 Å². The Hall–Kier alpha value is -2.83. The van der Waals surface area contributed by atoms with Crippen LogP contribution in [0.25, 0.3) is 0 Å². The number of nitrogens with zero attached hydrogens (tertiary/aromatic N) is 2. The van der Waals surface area contributed by atoms with Gasteiger partial charge in [0, 0.05) is 5.56 Å². The minimum absolute atomic E-state index is 0.0317. The van der Waals surface area contributed by atoms with E-state index in [0.29, 0.717) is 5.56 Å². The van der Waals surface area contributed by atoms with Gasteiger partial charge in [0.25, 0.3) is 5.91 Å². The number of benzene rings is 1. The van der Waals surface area contributed by atoms with Crippen LogP contribution in [0, 0.1) is 0 Å². The molecule has 0 radical (unpaired) electrons. The second kappa shape index (κ2) is 4.58. The maximum Gasteiger partial charge on any atom is 0.255 e. The number of anilines is 4. The number of amides is 1. The van der Waals surface area contributed by atoms with Crippen LogP contribution in [0.2, 0.25) is 0 Å². The van der Waals surface area contributed by atoms with Crippen LogP contribution < -0.4 is 22.5 Å². The van der Waals surface area contributed by atoms with Gasteiger partial charge in [0.05, 0.1) is 0 Å². The van der Waals surface area contributed by atoms with E-state index in [1.165, 1.54) is 0 Å². The fourth-order valence-corrected chi connectivity index (χ4v) is 1.42. The third kappa shape index (κ3) is 2.29. The molecule has 0 saturated heterocycles. The summed E-state index contributed by atoms with van der Waals surface area (Å²) in [7, 11) is 0. The summed E-state index contributed by atoms with van der Waals surface area (Å²) in [6.07, 6.45) is 0. The summed E-state index contributed by atoms with van der Waals surface area (Å²) in [6, 6.07) is 8.65. The van der Waals surface area contributed by atoms with Crippen molar-refractivity contribution in [2.75, 3.05) is 22.5 Å². The molecule has 92 valence electrons. The molecule has 0 atom stereocenters. The van der Waals surface area contributed by atoms with Gasteiger partial charge in [-0.1, -0.05) is 18.2 Å². The molecule has 2 rings (SSSR count). The molecule has 7 N–H and O–H groups in total. The average Bonchev–Trinajstić information content (AvgIpc) is 2.34. The van der Waals surface area contributed by atoms with Gasteiger partial charge >= 0.3 is 0 Å². The van der Waals surface area contributed by atoms with E-state index in [2.05, 4.69) is 15.3 Å². The zero-order valence-electron chi connectivity index (χ0n) is 9.42. The Bertz CT molecular complexity index is 560. The first-order chi connectivity index (χ1) is 8.58. The van der Waals surface area contributed by atoms with Gasteiger partial charge < -0.3 is 22.5 Å². The Kier molecular flexibility index (Phi) is 2.96. The van der Waals surface area contributed by atoms with E-state index in [-0.39, 0.29) is 29.2 Å². The molecule has 0 fully saturated rings. The first kappa shape index (κ1) is 11.6. The standard InChI is InChI=1S/C11H12N6O/c12-8-7(9(13)17-11(14)16-8)15-10(18)6-4-2-1-3-5-6/h1-5H,(H,15,18)(H6,12,13,14,16,17). The molecular formula is C11H12N6O. The minimum Gasteiger partial charge on any atom is -0.382 e. The maximum atomic E-state index is 11.9. The Morgan fingerprint density at radius 1 is 1.00 bits per heavy atom. The predicted octanol–water partition coefficient (Wildman–Crippen LogP) is 0.475. The largest absolute Gasteiger partial charge is 0.382 e. The quantitative estimate of drug-likeness (QED) is 0.607. The van der Waals surface area contributed by atoms with Gasteiger partial charge in [-0.15, -0.1) is 0 Å². The number of hydrogen-bond donors (Lipinski definition) is 4. The van der Waals surface area contributed by atoms with Crippen molar-refractivity contribution in [2.24, 2.45) is 0 Å². The molecular weight excluding hydrogens is 232 g/mol. The smallest absolute Gasteiger partial charge is 0.255 e. The van der Waals surface area contributed by atoms with Crippen LogP contribution in [-0.4, -0.2) is 15.9 Å². The number of aromatic nitrogens is 2. The van der Waals surface area contributed by atoms with Crippen LogP contribution in [-0.2, 0) is 0 Å². The van der Waals surface area contributed by atoms with Crippen molar-refractivity contribution in [1.82, 2.24) is 9.97 Å². The summed E-state index contributed by atoms with van der Waals surface area (Å²) >= 11 is 0. The zero-order chi connectivity index (χ0) is 13.1. The molecule has 0 saturated carbocycles. The Labute approximate surface area is 103 Å². The molecule has 0 aliphatic rings. The van der Waals surface area contributed by atoms with Crippen molar-refractivity contribution in [3.8, 4) is 0 Å². The van der Waals surface area contributed by atoms with E-state index in [9.17, 15) is 4.79 Å². The third-order valence-corrected chi connectivity index (χ3v) is 2.26. The molecule has 1 amide bonds. The lowest BCUT2D eigenvalue weighted by Gasteiger charge is -2.09. The highest BCUT2D eigenvalue weighted by atomic mass is 16.1. The average molecular weight is 244 g/mol. The third-order valence-electron chi connectivity index (χ3n) is 2.26. The lowest BCUT2D eigenvalue weighted by Crippen LogP contribution is -2.16. The number of nitrogens with one attached hydrogen (secondary N) is 1. The van der Waals surface area contributed by atoms with Crippen LogP contribution in [0.15, 0.2) is 30.3 Å². The molecule has 7 heteroatoms. The minimum atomic E-state index is -0.345. The summed E-state index contributed by atoms with van der Waals surface area (Å²) in [5.74, 6) is -0.321. The summed E-state index contributed by atoms with van der Waals surface area (Å²) in [5.41, 5.74) is 17.3. The monoisotopic (exact) mass is 244 g/mol. The molecule has 0 spiro atoms. The number of hydrogen-bond acceptors (Lipinski definition) is 6. The van der Waals surface area contributed by atoms with Gasteiger partial charge in [0.1, 0.15) is 5.69 Å². The Morgan fingerprint density at radius 3 is 2.11 bits per heavy atom. The van der Waals surface area contributed by atoms with E-state index in [4.69, 9.17) is 17.2 Å². The van der Waals surface area contributed by atoms with Crippen LogP contribution in [0.5, 0.6) is 0 Å². The first-order valence-electron chi connectivity index (χ1n) is 5.13. The Balaban J connectivity index is 2.28. The second-order valence-electron chi connectivity index (χ2n) is 3.55. The lowest BCUT2D eigenvalue weighted by atomic mass is 10.2. The van der Waals surface area contributed by atoms with Crippen molar-refractivity contribution < 1.29 is 4.79 Å². The Morgan fingerprint density at radius 2 is 1.56 bits per heavy atom. The fraction of sp³-hybridized carbons (Fsp3) is 0. The lowest BCUT2D eigenvalue weighted by molar-refractivity contribution is 0.102. The van der Waals surface area contributed by atoms with Crippen LogP contribution in [0.4, 0.5) is 23.3 Å². The highest BCUT2D eigenvalue weighted by Crippen LogP contribution is 2.23. The SMILES string of the molecule is Nc1nc(N)c(NC(=O)c2ccccc2)c(N)n1. The maximum absolute atomic E-state index is 11.9. The molecule has 18 heavy (non-hydrogen) atoms. The van der Waals surface area contributed by atoms with Crippen molar-refractivity contribution in [1.29, 1.82) is 0 Å². The van der Waals surface area contributed by atoms with Gasteiger partial charge in [-0.25, -0.2) is 0 Å². The molecule has 0 aliphatic heterocycles. The van der Waals surface area contributed by atoms with Crippen LogP contribution >= 0.6 is 0 Å². The molecule has 1 aromatic heterocycles. The number of nitrogen functional groups attached to an aromatic ring is 3. The van der Waals surface area contributed by atoms with Gasteiger partial charge in [-0.2, -0.15) is 9.97 Å². The fourth-order valence-electron chi connectivity index (χ4n) is 1.42. The molecule has 0 aliphatic carbocycles. The number of nitrogens with two attached hydrogens (primary N) is 3. The van der Waals surface area contributed by atoms with E-state index in [1.54, 1.807) is 24.3 Å². The summed E-state index contributed by atoms with van der Waals surface area (Å²) in [5, 5.41) is 2.55. The van der Waals surface area contributed by atoms with Crippen LogP contribution in [0.3, 0.4) is 0 Å². The summed E-state index contributed by atoms with van der Waals surface area (Å²) in [6.45, 7) is 0. The van der Waals surface area contributed by atoms with Gasteiger partial charge in [-0.05, 0) is 12.1 Å². The van der Waals surface area contributed by atoms with E-state index >= 15 is 0 Å². The predicted molar refractivity (Wildman–Crippen MR) is 69.7 cm³/mol. The van der Waals surface area contributed by atoms with Crippen molar-refractivity contribution in [3.05, 3.63) is 35.9 Å². The second-order valence-corrected chi connectivity index (χ2v) is 3.55. The molecule has 1 heterocycles. The number of carbonyl (C=O) groups excluding carboxylic acids is 1. The topological polar surface area (TPSA) is 133 Å². The van der Waals surface area contributed by atoms with E-state index in [1.807, 2.05) is 6.07 Å². The highest BCUT2D eigenvalue weighted by Gasteiger charge is 2.13. The molecule has 2 aromatic rings. The van der Waals surface area contributed by atoms with Gasteiger partial charge in [0.15, 0.2) is 11.6 Å². The van der Waals surface area contributed by atoms with Crippen molar-refractivity contribution in [3.63, 3.8) is 0 Å². The summed E-state index contributed by atoms with van der Waals surface area (Å²) < 4.78 is 0. The highest BCUT2D eigenvalue weighted by molar-refractivity contribution is 6.07. The normalized spacial score (nSPS) is 10.0. The van der Waals surface area contributed by atoms with Crippen molar-refractivity contribution >= 4 is 29.2 Å².